The highest BCUT2D eigenvalue weighted by molar-refractivity contribution is 7.21. The Morgan fingerprint density at radius 2 is 1.93 bits per heavy atom. The molecule has 1 N–H and O–H groups in total. The van der Waals surface area contributed by atoms with Gasteiger partial charge in [-0.15, -0.1) is 11.3 Å². The van der Waals surface area contributed by atoms with Gasteiger partial charge in [-0.2, -0.15) is 0 Å². The molecule has 4 nitrogen and oxygen atoms in total. The smallest absolute Gasteiger partial charge is 0.261 e. The fourth-order valence-electron chi connectivity index (χ4n) is 3.04. The quantitative estimate of drug-likeness (QED) is 0.499. The first-order chi connectivity index (χ1) is 13.7. The number of thiophene rings is 1. The van der Waals surface area contributed by atoms with E-state index in [1.807, 2.05) is 67.6 Å². The van der Waals surface area contributed by atoms with Crippen molar-refractivity contribution in [2.24, 2.45) is 0 Å². The molecule has 28 heavy (non-hydrogen) atoms. The molecule has 0 saturated heterocycles. The molecule has 0 aliphatic heterocycles. The second-order valence-corrected chi connectivity index (χ2v) is 7.54. The number of hydrogen-bond acceptors (Lipinski definition) is 4. The van der Waals surface area contributed by atoms with Crippen LogP contribution in [0.1, 0.15) is 26.5 Å². The van der Waals surface area contributed by atoms with Crippen molar-refractivity contribution < 1.29 is 9.53 Å². The van der Waals surface area contributed by atoms with Crippen molar-refractivity contribution in [1.29, 1.82) is 0 Å². The van der Waals surface area contributed by atoms with E-state index in [2.05, 4.69) is 16.4 Å². The number of pyridine rings is 1. The van der Waals surface area contributed by atoms with Gasteiger partial charge in [0.2, 0.25) is 0 Å². The maximum absolute atomic E-state index is 12.7. The van der Waals surface area contributed by atoms with Crippen LogP contribution in [0, 0.1) is 6.92 Å². The summed E-state index contributed by atoms with van der Waals surface area (Å²) in [6, 6.07) is 21.6. The molecule has 0 aliphatic rings. The summed E-state index contributed by atoms with van der Waals surface area (Å²) in [5.41, 5.74) is 2.90. The SMILES string of the molecule is Cc1c(C(=O)NCc2cccc(OCc3ccccn3)c2)sc2ccccc12. The first-order valence-electron chi connectivity index (χ1n) is 9.09. The first-order valence-corrected chi connectivity index (χ1v) is 9.90. The largest absolute Gasteiger partial charge is 0.487 e. The number of aryl methyl sites for hydroxylation is 1. The van der Waals surface area contributed by atoms with E-state index < -0.39 is 0 Å². The normalized spacial score (nSPS) is 10.8. The summed E-state index contributed by atoms with van der Waals surface area (Å²) in [5.74, 6) is 0.717. The first kappa shape index (κ1) is 18.2. The summed E-state index contributed by atoms with van der Waals surface area (Å²) in [5, 5.41) is 4.16. The Bertz CT molecular complexity index is 1110. The molecule has 140 valence electrons. The molecule has 4 aromatic rings. The molecule has 2 heterocycles. The lowest BCUT2D eigenvalue weighted by Crippen LogP contribution is -2.22. The number of ether oxygens (including phenoxy) is 1. The molecule has 0 atom stereocenters. The van der Waals surface area contributed by atoms with Gasteiger partial charge < -0.3 is 10.1 Å². The minimum absolute atomic E-state index is 0.0430. The standard InChI is InChI=1S/C23H20N2O2S/c1-16-20-10-2-3-11-21(20)28-22(16)23(26)25-14-17-7-6-9-19(13-17)27-15-18-8-4-5-12-24-18/h2-13H,14-15H2,1H3,(H,25,26). The van der Waals surface area contributed by atoms with Gasteiger partial charge in [-0.3, -0.25) is 9.78 Å². The van der Waals surface area contributed by atoms with Crippen LogP contribution in [-0.2, 0) is 13.2 Å². The lowest BCUT2D eigenvalue weighted by Gasteiger charge is -2.09. The second-order valence-electron chi connectivity index (χ2n) is 6.49. The zero-order chi connectivity index (χ0) is 19.3. The highest BCUT2D eigenvalue weighted by atomic mass is 32.1. The number of carbonyl (C=O) groups excluding carboxylic acids is 1. The molecule has 0 bridgehead atoms. The Kier molecular flexibility index (Phi) is 5.35. The number of nitrogens with one attached hydrogen (secondary N) is 1. The molecule has 0 radical (unpaired) electrons. The van der Waals surface area contributed by atoms with Gasteiger partial charge in [0.05, 0.1) is 10.6 Å². The maximum atomic E-state index is 12.7. The van der Waals surface area contributed by atoms with Crippen LogP contribution in [0.3, 0.4) is 0 Å². The molecule has 0 saturated carbocycles. The average molecular weight is 388 g/mol. The highest BCUT2D eigenvalue weighted by Gasteiger charge is 2.14. The van der Waals surface area contributed by atoms with Gasteiger partial charge in [0.25, 0.3) is 5.91 Å². The summed E-state index contributed by atoms with van der Waals surface area (Å²) in [6.45, 7) is 2.87. The lowest BCUT2D eigenvalue weighted by molar-refractivity contribution is 0.0954. The molecule has 2 aromatic heterocycles. The van der Waals surface area contributed by atoms with E-state index in [-0.39, 0.29) is 5.91 Å². The van der Waals surface area contributed by atoms with Crippen LogP contribution < -0.4 is 10.1 Å². The average Bonchev–Trinajstić information content (AvgIpc) is 3.08. The lowest BCUT2D eigenvalue weighted by atomic mass is 10.1. The molecule has 0 fully saturated rings. The number of amides is 1. The van der Waals surface area contributed by atoms with Crippen molar-refractivity contribution in [2.75, 3.05) is 0 Å². The Morgan fingerprint density at radius 1 is 1.07 bits per heavy atom. The summed E-state index contributed by atoms with van der Waals surface area (Å²) < 4.78 is 6.94. The predicted molar refractivity (Wildman–Crippen MR) is 113 cm³/mol. The summed E-state index contributed by atoms with van der Waals surface area (Å²) in [7, 11) is 0. The number of rotatable bonds is 6. The Hall–Kier alpha value is -3.18. The number of carbonyl (C=O) groups is 1. The molecule has 2 aromatic carbocycles. The number of aromatic nitrogens is 1. The van der Waals surface area contributed by atoms with Gasteiger partial charge >= 0.3 is 0 Å². The molecule has 4 rings (SSSR count). The van der Waals surface area contributed by atoms with E-state index in [0.717, 1.165) is 37.5 Å². The molecular formula is C23H20N2O2S. The van der Waals surface area contributed by atoms with E-state index in [4.69, 9.17) is 4.74 Å². The van der Waals surface area contributed by atoms with Crippen molar-refractivity contribution in [2.45, 2.75) is 20.1 Å². The van der Waals surface area contributed by atoms with Crippen molar-refractivity contribution >= 4 is 27.3 Å². The summed E-state index contributed by atoms with van der Waals surface area (Å²) >= 11 is 1.53. The molecule has 5 heteroatoms. The van der Waals surface area contributed by atoms with Crippen LogP contribution in [0.15, 0.2) is 72.9 Å². The minimum Gasteiger partial charge on any atom is -0.487 e. The Balaban J connectivity index is 1.40. The van der Waals surface area contributed by atoms with Crippen molar-refractivity contribution in [3.63, 3.8) is 0 Å². The van der Waals surface area contributed by atoms with E-state index >= 15 is 0 Å². The molecule has 0 spiro atoms. The van der Waals surface area contributed by atoms with Crippen LogP contribution >= 0.6 is 11.3 Å². The fourth-order valence-corrected chi connectivity index (χ4v) is 4.17. The van der Waals surface area contributed by atoms with Crippen LogP contribution in [0.25, 0.3) is 10.1 Å². The van der Waals surface area contributed by atoms with E-state index in [1.165, 1.54) is 11.3 Å². The van der Waals surface area contributed by atoms with E-state index in [1.54, 1.807) is 6.20 Å². The van der Waals surface area contributed by atoms with Crippen molar-refractivity contribution in [1.82, 2.24) is 10.3 Å². The zero-order valence-corrected chi connectivity index (χ0v) is 16.3. The molecular weight excluding hydrogens is 368 g/mol. The van der Waals surface area contributed by atoms with Gasteiger partial charge in [0.15, 0.2) is 0 Å². The van der Waals surface area contributed by atoms with Crippen LogP contribution in [-0.4, -0.2) is 10.9 Å². The van der Waals surface area contributed by atoms with Crippen LogP contribution in [0.5, 0.6) is 5.75 Å². The monoisotopic (exact) mass is 388 g/mol. The Labute approximate surface area is 167 Å². The third-order valence-electron chi connectivity index (χ3n) is 4.51. The van der Waals surface area contributed by atoms with Gasteiger partial charge in [0, 0.05) is 17.4 Å². The van der Waals surface area contributed by atoms with Crippen molar-refractivity contribution in [3.05, 3.63) is 94.6 Å². The number of fused-ring (bicyclic) bond motifs is 1. The maximum Gasteiger partial charge on any atom is 0.261 e. The van der Waals surface area contributed by atoms with Gasteiger partial charge in [-0.25, -0.2) is 0 Å². The van der Waals surface area contributed by atoms with Gasteiger partial charge in [-0.1, -0.05) is 36.4 Å². The minimum atomic E-state index is -0.0430. The van der Waals surface area contributed by atoms with Crippen molar-refractivity contribution in [3.8, 4) is 5.75 Å². The Morgan fingerprint density at radius 3 is 2.75 bits per heavy atom. The third-order valence-corrected chi connectivity index (χ3v) is 5.79. The fraction of sp³-hybridized carbons (Fsp3) is 0.130. The zero-order valence-electron chi connectivity index (χ0n) is 15.5. The predicted octanol–water partition coefficient (Wildman–Crippen LogP) is 5.11. The topological polar surface area (TPSA) is 51.2 Å². The van der Waals surface area contributed by atoms with Crippen LogP contribution in [0.4, 0.5) is 0 Å². The number of hydrogen-bond donors (Lipinski definition) is 1. The van der Waals surface area contributed by atoms with E-state index in [0.29, 0.717) is 13.2 Å². The second kappa shape index (κ2) is 8.23. The summed E-state index contributed by atoms with van der Waals surface area (Å²) in [4.78, 5) is 17.7. The van der Waals surface area contributed by atoms with Gasteiger partial charge in [-0.05, 0) is 53.8 Å². The highest BCUT2D eigenvalue weighted by Crippen LogP contribution is 2.30. The number of nitrogens with zero attached hydrogens (tertiary/aromatic N) is 1. The number of benzene rings is 2. The van der Waals surface area contributed by atoms with Gasteiger partial charge in [0.1, 0.15) is 12.4 Å². The van der Waals surface area contributed by atoms with Crippen LogP contribution in [0.2, 0.25) is 0 Å². The summed E-state index contributed by atoms with van der Waals surface area (Å²) in [6.07, 6.45) is 1.75. The molecule has 1 amide bonds. The third kappa shape index (κ3) is 4.05. The van der Waals surface area contributed by atoms with E-state index in [9.17, 15) is 4.79 Å². The molecule has 0 unspecified atom stereocenters. The molecule has 0 aliphatic carbocycles.